The maximum Gasteiger partial charge on any atom is 0.150 e. The summed E-state index contributed by atoms with van der Waals surface area (Å²) < 4.78 is 0. The molecule has 0 fully saturated rings. The largest absolute Gasteiger partial charge is 0.506 e. The van der Waals surface area contributed by atoms with Crippen molar-refractivity contribution in [2.45, 2.75) is 0 Å². The number of phenols is 1. The molecule has 0 amide bonds. The van der Waals surface area contributed by atoms with E-state index >= 15 is 0 Å². The predicted octanol–water partition coefficient (Wildman–Crippen LogP) is 1.84. The Kier molecular flexibility index (Phi) is 2.53. The maximum absolute atomic E-state index is 10.1. The summed E-state index contributed by atoms with van der Waals surface area (Å²) in [6.45, 7) is 0. The van der Waals surface area contributed by atoms with Gasteiger partial charge in [0.15, 0.2) is 0 Å². The van der Waals surface area contributed by atoms with E-state index in [4.69, 9.17) is 5.11 Å². The normalized spacial score (nSPS) is 10.4. The average Bonchev–Trinajstić information content (AvgIpc) is 2.09. The van der Waals surface area contributed by atoms with Crippen molar-refractivity contribution >= 4 is 11.9 Å². The van der Waals surface area contributed by atoms with Crippen molar-refractivity contribution in [3.63, 3.8) is 0 Å². The molecule has 1 N–H and O–H groups in total. The predicted molar refractivity (Wildman–Crippen MR) is 47.1 cm³/mol. The van der Waals surface area contributed by atoms with Crippen LogP contribution in [0.1, 0.15) is 5.56 Å². The fourth-order valence-electron chi connectivity index (χ4n) is 0.843. The molecular weight excluding hydrogens is 156 g/mol. The summed E-state index contributed by atoms with van der Waals surface area (Å²) in [4.78, 5) is 13.9. The Labute approximate surface area is 69.5 Å². The lowest BCUT2D eigenvalue weighted by molar-refractivity contribution is 0.477. The first-order valence-corrected chi connectivity index (χ1v) is 3.36. The van der Waals surface area contributed by atoms with E-state index in [0.717, 1.165) is 5.56 Å². The van der Waals surface area contributed by atoms with Crippen LogP contribution in [-0.4, -0.2) is 18.4 Å². The molecule has 4 heteroatoms. The summed E-state index contributed by atoms with van der Waals surface area (Å²) >= 11 is 0. The van der Waals surface area contributed by atoms with Gasteiger partial charge in [0.2, 0.25) is 0 Å². The molecule has 1 aromatic carbocycles. The molecule has 0 aliphatic carbocycles. The molecule has 0 saturated heterocycles. The van der Waals surface area contributed by atoms with Crippen molar-refractivity contribution in [2.75, 3.05) is 7.05 Å². The van der Waals surface area contributed by atoms with Crippen molar-refractivity contribution in [1.29, 1.82) is 0 Å². The first kappa shape index (κ1) is 8.39. The van der Waals surface area contributed by atoms with Crippen LogP contribution in [0.5, 0.6) is 5.75 Å². The number of phenolic OH excluding ortho intramolecular Hbond substituents is 1. The van der Waals surface area contributed by atoms with Gasteiger partial charge in [0.05, 0.1) is 0 Å². The number of nitrogens with zero attached hydrogens (tertiary/aromatic N) is 2. The Morgan fingerprint density at radius 3 is 2.83 bits per heavy atom. The molecule has 4 nitrogen and oxygen atoms in total. The monoisotopic (exact) mass is 164 g/mol. The highest BCUT2D eigenvalue weighted by molar-refractivity contribution is 5.81. The van der Waals surface area contributed by atoms with Gasteiger partial charge in [0.1, 0.15) is 11.4 Å². The second-order valence-corrected chi connectivity index (χ2v) is 2.23. The Morgan fingerprint density at radius 2 is 2.25 bits per heavy atom. The van der Waals surface area contributed by atoms with Gasteiger partial charge in [-0.3, -0.25) is 4.99 Å². The highest BCUT2D eigenvalue weighted by Gasteiger charge is 2.00. The van der Waals surface area contributed by atoms with Crippen LogP contribution in [0.2, 0.25) is 0 Å². The first-order valence-electron chi connectivity index (χ1n) is 3.36. The molecule has 0 aromatic heterocycles. The van der Waals surface area contributed by atoms with Gasteiger partial charge in [0.25, 0.3) is 0 Å². The van der Waals surface area contributed by atoms with E-state index < -0.39 is 0 Å². The fourth-order valence-corrected chi connectivity index (χ4v) is 0.843. The van der Waals surface area contributed by atoms with Crippen LogP contribution in [0.4, 0.5) is 5.69 Å². The number of hydrogen-bond donors (Lipinski definition) is 1. The SMILES string of the molecule is CN=Cc1ccc(O)c(N=O)c1. The molecule has 0 radical (unpaired) electrons. The van der Waals surface area contributed by atoms with Crippen LogP contribution in [0.3, 0.4) is 0 Å². The highest BCUT2D eigenvalue weighted by Crippen LogP contribution is 2.25. The topological polar surface area (TPSA) is 62.0 Å². The Balaban J connectivity index is 3.13. The van der Waals surface area contributed by atoms with Gasteiger partial charge < -0.3 is 5.11 Å². The summed E-state index contributed by atoms with van der Waals surface area (Å²) in [6.07, 6.45) is 1.58. The number of hydrogen-bond acceptors (Lipinski definition) is 4. The fraction of sp³-hybridized carbons (Fsp3) is 0.125. The van der Waals surface area contributed by atoms with E-state index in [1.54, 1.807) is 19.3 Å². The summed E-state index contributed by atoms with van der Waals surface area (Å²) in [5, 5.41) is 11.7. The number of benzene rings is 1. The average molecular weight is 164 g/mol. The van der Waals surface area contributed by atoms with Crippen LogP contribution < -0.4 is 0 Å². The lowest BCUT2D eigenvalue weighted by atomic mass is 10.2. The minimum atomic E-state index is -0.113. The van der Waals surface area contributed by atoms with Crippen LogP contribution >= 0.6 is 0 Å². The zero-order valence-electron chi connectivity index (χ0n) is 6.56. The molecular formula is C8H8N2O2. The molecule has 62 valence electrons. The van der Waals surface area contributed by atoms with Crippen molar-refractivity contribution in [3.05, 3.63) is 28.7 Å². The summed E-state index contributed by atoms with van der Waals surface area (Å²) in [7, 11) is 1.63. The van der Waals surface area contributed by atoms with Crippen molar-refractivity contribution < 1.29 is 5.11 Å². The van der Waals surface area contributed by atoms with Gasteiger partial charge in [-0.1, -0.05) is 0 Å². The first-order chi connectivity index (χ1) is 5.77. The van der Waals surface area contributed by atoms with Crippen LogP contribution in [0, 0.1) is 4.91 Å². The van der Waals surface area contributed by atoms with Crippen molar-refractivity contribution in [3.8, 4) is 5.75 Å². The second-order valence-electron chi connectivity index (χ2n) is 2.23. The van der Waals surface area contributed by atoms with Gasteiger partial charge in [0, 0.05) is 13.3 Å². The van der Waals surface area contributed by atoms with E-state index in [0.29, 0.717) is 0 Å². The van der Waals surface area contributed by atoms with E-state index in [2.05, 4.69) is 10.2 Å². The number of nitroso groups, excluding NO2 is 1. The molecule has 1 rings (SSSR count). The summed E-state index contributed by atoms with van der Waals surface area (Å²) in [6, 6.07) is 4.53. The quantitative estimate of drug-likeness (QED) is 0.535. The van der Waals surface area contributed by atoms with Crippen LogP contribution in [0.15, 0.2) is 28.4 Å². The van der Waals surface area contributed by atoms with E-state index in [1.807, 2.05) is 0 Å². The summed E-state index contributed by atoms with van der Waals surface area (Å²) in [5.74, 6) is -0.113. The zero-order chi connectivity index (χ0) is 8.97. The molecule has 0 aliphatic heterocycles. The van der Waals surface area contributed by atoms with Crippen LogP contribution in [0.25, 0.3) is 0 Å². The third-order valence-electron chi connectivity index (χ3n) is 1.38. The van der Waals surface area contributed by atoms with Gasteiger partial charge in [-0.05, 0) is 28.9 Å². The highest BCUT2D eigenvalue weighted by atomic mass is 16.3. The molecule has 0 heterocycles. The van der Waals surface area contributed by atoms with Crippen LogP contribution in [-0.2, 0) is 0 Å². The second kappa shape index (κ2) is 3.61. The lowest BCUT2D eigenvalue weighted by Crippen LogP contribution is -1.79. The summed E-state index contributed by atoms with van der Waals surface area (Å²) in [5.41, 5.74) is 0.775. The van der Waals surface area contributed by atoms with Gasteiger partial charge in [-0.2, -0.15) is 0 Å². The van der Waals surface area contributed by atoms with E-state index in [-0.39, 0.29) is 11.4 Å². The number of rotatable bonds is 2. The number of aliphatic imine (C=N–C) groups is 1. The number of aromatic hydroxyl groups is 1. The minimum Gasteiger partial charge on any atom is -0.506 e. The Morgan fingerprint density at radius 1 is 1.50 bits per heavy atom. The third-order valence-corrected chi connectivity index (χ3v) is 1.38. The molecule has 0 saturated carbocycles. The Hall–Kier alpha value is -1.71. The minimum absolute atomic E-state index is 0.0346. The third kappa shape index (κ3) is 1.66. The van der Waals surface area contributed by atoms with Gasteiger partial charge in [-0.15, -0.1) is 4.91 Å². The molecule has 0 bridgehead atoms. The van der Waals surface area contributed by atoms with E-state index in [9.17, 15) is 4.91 Å². The molecule has 0 atom stereocenters. The smallest absolute Gasteiger partial charge is 0.150 e. The maximum atomic E-state index is 10.1. The zero-order valence-corrected chi connectivity index (χ0v) is 6.56. The van der Waals surface area contributed by atoms with Gasteiger partial charge >= 0.3 is 0 Å². The Bertz CT molecular complexity index is 321. The van der Waals surface area contributed by atoms with Gasteiger partial charge in [-0.25, -0.2) is 0 Å². The van der Waals surface area contributed by atoms with E-state index in [1.165, 1.54) is 12.1 Å². The molecule has 0 aliphatic rings. The molecule has 0 unspecified atom stereocenters. The standard InChI is InChI=1S/C8H8N2O2/c1-9-5-6-2-3-8(11)7(4-6)10-12/h2-5,11H,1H3. The molecule has 12 heavy (non-hydrogen) atoms. The lowest BCUT2D eigenvalue weighted by Gasteiger charge is -1.95. The molecule has 1 aromatic rings. The van der Waals surface area contributed by atoms with Crippen molar-refractivity contribution in [1.82, 2.24) is 0 Å². The molecule has 0 spiro atoms. The van der Waals surface area contributed by atoms with Crippen molar-refractivity contribution in [2.24, 2.45) is 10.2 Å².